The van der Waals surface area contributed by atoms with E-state index in [0.717, 1.165) is 11.3 Å². The molecule has 0 aliphatic heterocycles. The lowest BCUT2D eigenvalue weighted by Crippen LogP contribution is -2.12. The Bertz CT molecular complexity index is 393. The van der Waals surface area contributed by atoms with E-state index >= 15 is 0 Å². The number of rotatable bonds is 6. The van der Waals surface area contributed by atoms with Crippen LogP contribution in [0.3, 0.4) is 0 Å². The van der Waals surface area contributed by atoms with Crippen LogP contribution in [-0.2, 0) is 0 Å². The molecule has 1 aromatic carbocycles. The average molecular weight is 266 g/mol. The van der Waals surface area contributed by atoms with Gasteiger partial charge in [-0.15, -0.1) is 0 Å². The van der Waals surface area contributed by atoms with Gasteiger partial charge in [0.15, 0.2) is 11.5 Å². The molecule has 0 saturated heterocycles. The zero-order valence-electron chi connectivity index (χ0n) is 12.7. The van der Waals surface area contributed by atoms with Gasteiger partial charge in [0.05, 0.1) is 19.3 Å². The molecule has 0 fully saturated rings. The van der Waals surface area contributed by atoms with Gasteiger partial charge in [0.2, 0.25) is 0 Å². The Morgan fingerprint density at radius 1 is 1.05 bits per heavy atom. The first kappa shape index (κ1) is 15.8. The minimum Gasteiger partial charge on any atom is -0.490 e. The number of hydrogen-bond acceptors (Lipinski definition) is 3. The van der Waals surface area contributed by atoms with Crippen molar-refractivity contribution in [3.05, 3.63) is 23.8 Å². The molecule has 0 bridgehead atoms. The second kappa shape index (κ2) is 6.80. The first-order chi connectivity index (χ1) is 8.87. The molecule has 0 heterocycles. The van der Waals surface area contributed by atoms with Crippen LogP contribution in [0.5, 0.6) is 11.5 Å². The number of hydrogen-bond donors (Lipinski definition) is 1. The molecular weight excluding hydrogens is 240 g/mol. The Kier molecular flexibility index (Phi) is 5.67. The zero-order chi connectivity index (χ0) is 14.5. The van der Waals surface area contributed by atoms with Crippen LogP contribution in [0.2, 0.25) is 0 Å². The average Bonchev–Trinajstić information content (AvgIpc) is 2.29. The highest BCUT2D eigenvalue weighted by molar-refractivity contribution is 5.43. The third-order valence-corrected chi connectivity index (χ3v) is 2.76. The van der Waals surface area contributed by atoms with E-state index in [4.69, 9.17) is 9.47 Å². The van der Waals surface area contributed by atoms with Crippen LogP contribution < -0.4 is 9.47 Å². The fourth-order valence-electron chi connectivity index (χ4n) is 1.97. The first-order valence-corrected chi connectivity index (χ1v) is 6.95. The molecule has 0 spiro atoms. The predicted octanol–water partition coefficient (Wildman–Crippen LogP) is 3.95. The normalized spacial score (nSPS) is 13.2. The highest BCUT2D eigenvalue weighted by atomic mass is 16.5. The van der Waals surface area contributed by atoms with Gasteiger partial charge < -0.3 is 14.6 Å². The Labute approximate surface area is 116 Å². The molecule has 0 aromatic heterocycles. The van der Waals surface area contributed by atoms with Crippen LogP contribution in [0.25, 0.3) is 0 Å². The van der Waals surface area contributed by atoms with E-state index in [9.17, 15) is 5.11 Å². The van der Waals surface area contributed by atoms with Gasteiger partial charge in [-0.1, -0.05) is 26.8 Å². The summed E-state index contributed by atoms with van der Waals surface area (Å²) in [5.41, 5.74) is 0.964. The Morgan fingerprint density at radius 3 is 2.16 bits per heavy atom. The SMILES string of the molecule is CCOc1ccc(C(O)CC(C)(C)C)cc1OCC. The number of ether oxygens (including phenoxy) is 2. The minimum absolute atomic E-state index is 0.0871. The Balaban J connectivity index is 2.93. The van der Waals surface area contributed by atoms with Crippen LogP contribution >= 0.6 is 0 Å². The maximum atomic E-state index is 10.3. The lowest BCUT2D eigenvalue weighted by atomic mass is 9.87. The van der Waals surface area contributed by atoms with Crippen molar-refractivity contribution in [2.24, 2.45) is 5.41 Å². The van der Waals surface area contributed by atoms with Crippen molar-refractivity contribution in [3.63, 3.8) is 0 Å². The van der Waals surface area contributed by atoms with E-state index in [1.54, 1.807) is 0 Å². The van der Waals surface area contributed by atoms with Gasteiger partial charge in [-0.05, 0) is 43.4 Å². The number of aliphatic hydroxyl groups is 1. The van der Waals surface area contributed by atoms with E-state index < -0.39 is 6.10 Å². The van der Waals surface area contributed by atoms with E-state index in [2.05, 4.69) is 20.8 Å². The zero-order valence-corrected chi connectivity index (χ0v) is 12.7. The third kappa shape index (κ3) is 5.11. The van der Waals surface area contributed by atoms with Gasteiger partial charge in [0.25, 0.3) is 0 Å². The number of benzene rings is 1. The summed E-state index contributed by atoms with van der Waals surface area (Å²) in [5.74, 6) is 1.44. The maximum absolute atomic E-state index is 10.3. The van der Waals surface area contributed by atoms with E-state index in [1.807, 2.05) is 32.0 Å². The molecule has 19 heavy (non-hydrogen) atoms. The summed E-state index contributed by atoms with van der Waals surface area (Å²) in [5, 5.41) is 10.3. The summed E-state index contributed by atoms with van der Waals surface area (Å²) in [4.78, 5) is 0. The predicted molar refractivity (Wildman–Crippen MR) is 77.8 cm³/mol. The van der Waals surface area contributed by atoms with Crippen LogP contribution in [0, 0.1) is 5.41 Å². The van der Waals surface area contributed by atoms with Gasteiger partial charge in [-0.25, -0.2) is 0 Å². The van der Waals surface area contributed by atoms with Crippen LogP contribution in [0.15, 0.2) is 18.2 Å². The minimum atomic E-state index is -0.477. The molecule has 3 heteroatoms. The van der Waals surface area contributed by atoms with Crippen molar-refractivity contribution in [3.8, 4) is 11.5 Å². The van der Waals surface area contributed by atoms with Crippen molar-refractivity contribution >= 4 is 0 Å². The molecular formula is C16H26O3. The van der Waals surface area contributed by atoms with Gasteiger partial charge in [-0.2, -0.15) is 0 Å². The summed E-state index contributed by atoms with van der Waals surface area (Å²) in [6.45, 7) is 11.4. The summed E-state index contributed by atoms with van der Waals surface area (Å²) < 4.78 is 11.1. The molecule has 0 amide bonds. The van der Waals surface area contributed by atoms with Crippen molar-refractivity contribution in [2.75, 3.05) is 13.2 Å². The Morgan fingerprint density at radius 2 is 1.63 bits per heavy atom. The van der Waals surface area contributed by atoms with Gasteiger partial charge in [-0.3, -0.25) is 0 Å². The van der Waals surface area contributed by atoms with Crippen molar-refractivity contribution < 1.29 is 14.6 Å². The van der Waals surface area contributed by atoms with Crippen LogP contribution in [0.4, 0.5) is 0 Å². The standard InChI is InChI=1S/C16H26O3/c1-6-18-14-9-8-12(10-15(14)19-7-2)13(17)11-16(3,4)5/h8-10,13,17H,6-7,11H2,1-5H3. The summed E-state index contributed by atoms with van der Waals surface area (Å²) in [6.07, 6.45) is 0.238. The second-order valence-corrected chi connectivity index (χ2v) is 5.85. The van der Waals surface area contributed by atoms with Gasteiger partial charge in [0, 0.05) is 0 Å². The molecule has 1 N–H and O–H groups in total. The number of aliphatic hydroxyl groups excluding tert-OH is 1. The van der Waals surface area contributed by atoms with Crippen molar-refractivity contribution in [2.45, 2.75) is 47.1 Å². The molecule has 0 saturated carbocycles. The maximum Gasteiger partial charge on any atom is 0.161 e. The highest BCUT2D eigenvalue weighted by Crippen LogP contribution is 2.34. The Hall–Kier alpha value is -1.22. The fourth-order valence-corrected chi connectivity index (χ4v) is 1.97. The third-order valence-electron chi connectivity index (χ3n) is 2.76. The first-order valence-electron chi connectivity index (χ1n) is 6.95. The second-order valence-electron chi connectivity index (χ2n) is 5.85. The lowest BCUT2D eigenvalue weighted by Gasteiger charge is -2.23. The molecule has 3 nitrogen and oxygen atoms in total. The smallest absolute Gasteiger partial charge is 0.161 e. The molecule has 0 radical (unpaired) electrons. The van der Waals surface area contributed by atoms with Gasteiger partial charge >= 0.3 is 0 Å². The molecule has 1 rings (SSSR count). The molecule has 0 aliphatic carbocycles. The molecule has 1 unspecified atom stereocenters. The molecule has 0 aliphatic rings. The van der Waals surface area contributed by atoms with E-state index in [1.165, 1.54) is 0 Å². The van der Waals surface area contributed by atoms with Crippen LogP contribution in [0.1, 0.15) is 52.7 Å². The van der Waals surface area contributed by atoms with E-state index in [-0.39, 0.29) is 5.41 Å². The summed E-state index contributed by atoms with van der Waals surface area (Å²) in [7, 11) is 0. The molecule has 1 aromatic rings. The summed E-state index contributed by atoms with van der Waals surface area (Å²) >= 11 is 0. The van der Waals surface area contributed by atoms with Crippen LogP contribution in [-0.4, -0.2) is 18.3 Å². The largest absolute Gasteiger partial charge is 0.490 e. The monoisotopic (exact) mass is 266 g/mol. The lowest BCUT2D eigenvalue weighted by molar-refractivity contribution is 0.122. The van der Waals surface area contributed by atoms with E-state index in [0.29, 0.717) is 25.4 Å². The molecule has 108 valence electrons. The van der Waals surface area contributed by atoms with Gasteiger partial charge in [0.1, 0.15) is 0 Å². The van der Waals surface area contributed by atoms with Crippen molar-refractivity contribution in [1.82, 2.24) is 0 Å². The topological polar surface area (TPSA) is 38.7 Å². The quantitative estimate of drug-likeness (QED) is 0.847. The summed E-state index contributed by atoms with van der Waals surface area (Å²) in [6, 6.07) is 5.66. The van der Waals surface area contributed by atoms with Crippen molar-refractivity contribution in [1.29, 1.82) is 0 Å². The highest BCUT2D eigenvalue weighted by Gasteiger charge is 2.19. The fraction of sp³-hybridized carbons (Fsp3) is 0.625. The molecule has 1 atom stereocenters.